The Hall–Kier alpha value is -3.08. The van der Waals surface area contributed by atoms with E-state index in [0.29, 0.717) is 19.3 Å². The molecule has 0 aliphatic carbocycles. The molecule has 0 saturated heterocycles. The minimum atomic E-state index is -4.76. The molecule has 0 bridgehead atoms. The third-order valence-electron chi connectivity index (χ3n) is 13.6. The molecule has 3 unspecified atom stereocenters. The van der Waals surface area contributed by atoms with Crippen molar-refractivity contribution < 1.29 is 52.2 Å². The van der Waals surface area contributed by atoms with Gasteiger partial charge in [0.2, 0.25) is 0 Å². The zero-order valence-electron chi connectivity index (χ0n) is 50.1. The number of aliphatic hydroxyl groups excluding tert-OH is 1. The summed E-state index contributed by atoms with van der Waals surface area (Å²) in [5, 5.41) is 9.85. The molecule has 0 aliphatic heterocycles. The number of rotatable bonds is 59. The van der Waals surface area contributed by atoms with Crippen LogP contribution in [0.4, 0.5) is 0 Å². The van der Waals surface area contributed by atoms with Crippen LogP contribution in [0.5, 0.6) is 0 Å². The van der Waals surface area contributed by atoms with Gasteiger partial charge in [0.15, 0.2) is 6.10 Å². The SMILES string of the molecule is CC/C=C\C/C=C\C/C=C\CCCCCCCC(=O)OCC(COP(=O)(O)OCC(CO)OC(=O)CCCCCCCCC/C=C\CCCCCCCC)OC(=O)CCCCCCCCCCC/C=C\C/C=C\CCCCC. The molecule has 12 heteroatoms. The van der Waals surface area contributed by atoms with Crippen molar-refractivity contribution in [1.29, 1.82) is 0 Å². The molecule has 452 valence electrons. The van der Waals surface area contributed by atoms with Crippen LogP contribution < -0.4 is 0 Å². The van der Waals surface area contributed by atoms with Crippen LogP contribution in [0.3, 0.4) is 0 Å². The first kappa shape index (κ1) is 74.9. The average Bonchev–Trinajstić information content (AvgIpc) is 3.43. The molecule has 0 radical (unpaired) electrons. The van der Waals surface area contributed by atoms with E-state index in [1.54, 1.807) is 0 Å². The van der Waals surface area contributed by atoms with Gasteiger partial charge >= 0.3 is 25.7 Å². The van der Waals surface area contributed by atoms with E-state index >= 15 is 0 Å². The molecule has 0 saturated carbocycles. The first-order valence-electron chi connectivity index (χ1n) is 31.8. The monoisotopic (exact) mass is 1120 g/mol. The maximum Gasteiger partial charge on any atom is 0.472 e. The number of phosphoric ester groups is 1. The third-order valence-corrected chi connectivity index (χ3v) is 14.5. The zero-order chi connectivity index (χ0) is 56.9. The van der Waals surface area contributed by atoms with Crippen LogP contribution in [0, 0.1) is 0 Å². The van der Waals surface area contributed by atoms with E-state index in [4.69, 9.17) is 23.3 Å². The average molecular weight is 1120 g/mol. The van der Waals surface area contributed by atoms with Crippen molar-refractivity contribution in [1.82, 2.24) is 0 Å². The normalized spacial score (nSPS) is 13.8. The third kappa shape index (κ3) is 57.6. The Kier molecular flexibility index (Phi) is 57.7. The molecule has 0 aliphatic rings. The maximum absolute atomic E-state index is 12.9. The highest BCUT2D eigenvalue weighted by Gasteiger charge is 2.28. The second-order valence-electron chi connectivity index (χ2n) is 21.2. The summed E-state index contributed by atoms with van der Waals surface area (Å²) in [4.78, 5) is 48.7. The van der Waals surface area contributed by atoms with Crippen molar-refractivity contribution in [2.24, 2.45) is 0 Å². The first-order valence-corrected chi connectivity index (χ1v) is 33.3. The molecule has 3 atom stereocenters. The lowest BCUT2D eigenvalue weighted by Gasteiger charge is -2.21. The van der Waals surface area contributed by atoms with Gasteiger partial charge in [0.25, 0.3) is 0 Å². The van der Waals surface area contributed by atoms with Gasteiger partial charge in [0.1, 0.15) is 12.7 Å². The predicted molar refractivity (Wildman–Crippen MR) is 325 cm³/mol. The summed E-state index contributed by atoms with van der Waals surface area (Å²) in [6, 6.07) is 0. The van der Waals surface area contributed by atoms with Crippen LogP contribution in [0.15, 0.2) is 72.9 Å². The minimum Gasteiger partial charge on any atom is -0.462 e. The van der Waals surface area contributed by atoms with Crippen LogP contribution in [-0.2, 0) is 42.2 Å². The number of unbranched alkanes of at least 4 members (excludes halogenated alkanes) is 30. The van der Waals surface area contributed by atoms with Gasteiger partial charge in [0, 0.05) is 19.3 Å². The summed E-state index contributed by atoms with van der Waals surface area (Å²) < 4.78 is 39.7. The fourth-order valence-corrected chi connectivity index (χ4v) is 9.53. The van der Waals surface area contributed by atoms with E-state index in [2.05, 4.69) is 93.7 Å². The summed E-state index contributed by atoms with van der Waals surface area (Å²) in [6.07, 6.45) is 68.5. The van der Waals surface area contributed by atoms with Crippen molar-refractivity contribution >= 4 is 25.7 Å². The van der Waals surface area contributed by atoms with E-state index < -0.39 is 57.8 Å². The summed E-state index contributed by atoms with van der Waals surface area (Å²) in [7, 11) is -4.76. The minimum absolute atomic E-state index is 0.157. The smallest absolute Gasteiger partial charge is 0.462 e. The highest BCUT2D eigenvalue weighted by atomic mass is 31.2. The van der Waals surface area contributed by atoms with Crippen molar-refractivity contribution in [3.63, 3.8) is 0 Å². The Morgan fingerprint density at radius 3 is 1.06 bits per heavy atom. The van der Waals surface area contributed by atoms with Crippen molar-refractivity contribution in [3.8, 4) is 0 Å². The molecule has 0 aromatic heterocycles. The van der Waals surface area contributed by atoms with Crippen molar-refractivity contribution in [2.45, 2.75) is 303 Å². The highest BCUT2D eigenvalue weighted by molar-refractivity contribution is 7.47. The Labute approximate surface area is 478 Å². The highest BCUT2D eigenvalue weighted by Crippen LogP contribution is 2.43. The number of hydrogen-bond donors (Lipinski definition) is 2. The maximum atomic E-state index is 12.9. The summed E-state index contributed by atoms with van der Waals surface area (Å²) in [5.41, 5.74) is 0. The van der Waals surface area contributed by atoms with Gasteiger partial charge < -0.3 is 24.2 Å². The number of hydrogen-bond acceptors (Lipinski definition) is 10. The summed E-state index contributed by atoms with van der Waals surface area (Å²) in [5.74, 6) is -1.48. The molecule has 11 nitrogen and oxygen atoms in total. The molecule has 2 N–H and O–H groups in total. The largest absolute Gasteiger partial charge is 0.472 e. The van der Waals surface area contributed by atoms with E-state index in [0.717, 1.165) is 109 Å². The lowest BCUT2D eigenvalue weighted by atomic mass is 10.1. The van der Waals surface area contributed by atoms with Crippen LogP contribution in [-0.4, -0.2) is 66.5 Å². The second kappa shape index (κ2) is 60.0. The molecule has 0 aromatic carbocycles. The van der Waals surface area contributed by atoms with Gasteiger partial charge in [-0.05, 0) is 109 Å². The van der Waals surface area contributed by atoms with Gasteiger partial charge in [-0.3, -0.25) is 23.4 Å². The number of esters is 3. The Morgan fingerprint density at radius 1 is 0.372 bits per heavy atom. The van der Waals surface area contributed by atoms with Gasteiger partial charge in [-0.1, -0.05) is 235 Å². The molecular weight excluding hydrogens is 1000 g/mol. The Morgan fingerprint density at radius 2 is 0.667 bits per heavy atom. The Balaban J connectivity index is 4.70. The first-order chi connectivity index (χ1) is 38.2. The molecule has 0 aromatic rings. The summed E-state index contributed by atoms with van der Waals surface area (Å²) in [6.45, 7) is 4.51. The second-order valence-corrected chi connectivity index (χ2v) is 22.6. The van der Waals surface area contributed by atoms with Crippen LogP contribution in [0.1, 0.15) is 290 Å². The fourth-order valence-electron chi connectivity index (χ4n) is 8.75. The number of allylic oxidation sites excluding steroid dienone is 12. The molecule has 0 fully saturated rings. The molecule has 0 heterocycles. The molecule has 0 rings (SSSR count). The van der Waals surface area contributed by atoms with E-state index in [1.807, 2.05) is 0 Å². The lowest BCUT2D eigenvalue weighted by molar-refractivity contribution is -0.161. The van der Waals surface area contributed by atoms with Gasteiger partial charge in [-0.15, -0.1) is 0 Å². The van der Waals surface area contributed by atoms with Crippen LogP contribution in [0.25, 0.3) is 0 Å². The van der Waals surface area contributed by atoms with Gasteiger partial charge in [-0.25, -0.2) is 4.57 Å². The quantitative estimate of drug-likeness (QED) is 0.0197. The van der Waals surface area contributed by atoms with Gasteiger partial charge in [0.05, 0.1) is 19.8 Å². The molecule has 0 amide bonds. The number of phosphoric acid groups is 1. The number of carbonyl (C=O) groups excluding carboxylic acids is 3. The predicted octanol–water partition coefficient (Wildman–Crippen LogP) is 19.3. The zero-order valence-corrected chi connectivity index (χ0v) is 51.0. The van der Waals surface area contributed by atoms with E-state index in [1.165, 1.54) is 122 Å². The van der Waals surface area contributed by atoms with E-state index in [9.17, 15) is 28.9 Å². The number of carbonyl (C=O) groups is 3. The fraction of sp³-hybridized carbons (Fsp3) is 0.773. The topological polar surface area (TPSA) is 155 Å². The van der Waals surface area contributed by atoms with Crippen LogP contribution in [0.2, 0.25) is 0 Å². The molecule has 0 spiro atoms. The standard InChI is InChI=1S/C66H117O11P/c1-4-7-10-13-16-19-22-25-28-30-31-33-36-39-42-45-48-51-54-57-66(70)77-63(59-73-64(68)55-52-49-46-43-40-37-34-27-24-21-18-15-12-9-6-3)61-75-78(71,72)74-60-62(58-67)76-65(69)56-53-50-47-44-41-38-35-32-29-26-23-20-17-14-11-8-5-2/h9,12,16,18-19,21,25-29,34,62-63,67H,4-8,10-11,13-15,17,20,22-24,30-33,35-61H2,1-3H3,(H,71,72)/b12-9-,19-16-,21-18-,28-25-,29-26-,34-27-. The van der Waals surface area contributed by atoms with Gasteiger partial charge in [-0.2, -0.15) is 0 Å². The van der Waals surface area contributed by atoms with Crippen LogP contribution >= 0.6 is 7.82 Å². The Bertz CT molecular complexity index is 1590. The van der Waals surface area contributed by atoms with E-state index in [-0.39, 0.29) is 25.9 Å². The number of aliphatic hydroxyl groups is 1. The summed E-state index contributed by atoms with van der Waals surface area (Å²) >= 11 is 0. The lowest BCUT2D eigenvalue weighted by Crippen LogP contribution is -2.30. The van der Waals surface area contributed by atoms with Crippen molar-refractivity contribution in [3.05, 3.63) is 72.9 Å². The molecule has 78 heavy (non-hydrogen) atoms. The molecular formula is C66H117O11P. The van der Waals surface area contributed by atoms with Crippen molar-refractivity contribution in [2.75, 3.05) is 26.4 Å². The number of ether oxygens (including phenoxy) is 3.